The average Bonchev–Trinajstić information content (AvgIpc) is 2.78. The molecule has 0 saturated carbocycles. The van der Waals surface area contributed by atoms with Crippen molar-refractivity contribution < 1.29 is 0 Å². The van der Waals surface area contributed by atoms with Gasteiger partial charge in [0.2, 0.25) is 0 Å². The fraction of sp³-hybridized carbons (Fsp3) is 0.538. The van der Waals surface area contributed by atoms with E-state index in [2.05, 4.69) is 29.4 Å². The van der Waals surface area contributed by atoms with Gasteiger partial charge in [-0.1, -0.05) is 26.3 Å². The van der Waals surface area contributed by atoms with Crippen molar-refractivity contribution in [3.63, 3.8) is 0 Å². The van der Waals surface area contributed by atoms with Crippen LogP contribution in [-0.4, -0.2) is 27.7 Å². The molecule has 0 aromatic carbocycles. The molecule has 1 N–H and O–H groups in total. The number of pyridine rings is 1. The summed E-state index contributed by atoms with van der Waals surface area (Å²) in [5.41, 5.74) is 0.921. The van der Waals surface area contributed by atoms with Crippen molar-refractivity contribution in [2.75, 3.05) is 13.1 Å². The first-order chi connectivity index (χ1) is 8.31. The molecule has 4 nitrogen and oxygen atoms in total. The summed E-state index contributed by atoms with van der Waals surface area (Å²) in [5.74, 6) is 1.77. The zero-order valence-electron chi connectivity index (χ0n) is 11.4. The minimum absolute atomic E-state index is 0. The second-order valence-corrected chi connectivity index (χ2v) is 4.51. The lowest BCUT2D eigenvalue weighted by molar-refractivity contribution is 0.500. The Bertz CT molecular complexity index is 472. The molecule has 0 saturated heterocycles. The number of rotatable bonds is 6. The molecular weight excluding hydrogens is 283 g/mol. The quantitative estimate of drug-likeness (QED) is 0.835. The Balaban J connectivity index is 0.00000162. The van der Waals surface area contributed by atoms with Gasteiger partial charge in [-0.2, -0.15) is 0 Å². The third kappa shape index (κ3) is 4.97. The lowest BCUT2D eigenvalue weighted by atomic mass is 10.1. The molecule has 1 unspecified atom stereocenters. The van der Waals surface area contributed by atoms with Crippen molar-refractivity contribution >= 4 is 30.5 Å². The van der Waals surface area contributed by atoms with Gasteiger partial charge in [-0.3, -0.25) is 4.40 Å². The number of hydrogen-bond donors (Lipinski definition) is 1. The molecule has 1 atom stereocenters. The van der Waals surface area contributed by atoms with Crippen molar-refractivity contribution in [2.24, 2.45) is 5.92 Å². The van der Waals surface area contributed by atoms with Crippen molar-refractivity contribution in [1.29, 1.82) is 0 Å². The molecule has 2 rings (SSSR count). The van der Waals surface area contributed by atoms with Gasteiger partial charge in [-0.05, 0) is 24.6 Å². The van der Waals surface area contributed by atoms with Crippen LogP contribution >= 0.6 is 24.8 Å². The molecule has 0 fully saturated rings. The summed E-state index contributed by atoms with van der Waals surface area (Å²) in [6.45, 7) is 6.52. The van der Waals surface area contributed by atoms with Gasteiger partial charge in [-0.15, -0.1) is 35.0 Å². The van der Waals surface area contributed by atoms with E-state index in [1.807, 2.05) is 28.8 Å². The number of fused-ring (bicyclic) bond motifs is 1. The number of nitrogens with zero attached hydrogens (tertiary/aromatic N) is 3. The van der Waals surface area contributed by atoms with Crippen LogP contribution in [0, 0.1) is 5.92 Å². The van der Waals surface area contributed by atoms with Gasteiger partial charge in [0.25, 0.3) is 0 Å². The normalized spacial score (nSPS) is 11.7. The second-order valence-electron chi connectivity index (χ2n) is 4.51. The van der Waals surface area contributed by atoms with Gasteiger partial charge < -0.3 is 5.32 Å². The van der Waals surface area contributed by atoms with Gasteiger partial charge in [0.05, 0.1) is 0 Å². The maximum atomic E-state index is 4.21. The second kappa shape index (κ2) is 9.13. The van der Waals surface area contributed by atoms with Crippen molar-refractivity contribution in [3.05, 3.63) is 30.2 Å². The van der Waals surface area contributed by atoms with Gasteiger partial charge in [-0.25, -0.2) is 0 Å². The van der Waals surface area contributed by atoms with Crippen LogP contribution in [0.1, 0.15) is 26.1 Å². The summed E-state index contributed by atoms with van der Waals surface area (Å²) in [6, 6.07) is 5.96. The lowest BCUT2D eigenvalue weighted by Gasteiger charge is -2.09. The molecule has 0 aliphatic carbocycles. The molecule has 2 aromatic heterocycles. The summed E-state index contributed by atoms with van der Waals surface area (Å²) in [4.78, 5) is 0. The van der Waals surface area contributed by atoms with Crippen LogP contribution in [0.2, 0.25) is 0 Å². The van der Waals surface area contributed by atoms with Crippen LogP contribution in [0.4, 0.5) is 0 Å². The van der Waals surface area contributed by atoms with Crippen LogP contribution in [0.15, 0.2) is 24.4 Å². The molecule has 2 heterocycles. The third-order valence-corrected chi connectivity index (χ3v) is 3.10. The standard InChI is InChI=1S/C13H20N4.2ClH/c1-3-11(2)10-14-8-7-13-16-15-12-6-4-5-9-17(12)13;;/h4-6,9,11,14H,3,7-8,10H2,1-2H3;2*1H. The Morgan fingerprint density at radius 3 is 2.79 bits per heavy atom. The summed E-state index contributed by atoms with van der Waals surface area (Å²) in [7, 11) is 0. The molecule has 108 valence electrons. The minimum Gasteiger partial charge on any atom is -0.316 e. The molecule has 2 aromatic rings. The van der Waals surface area contributed by atoms with E-state index in [1.165, 1.54) is 6.42 Å². The Labute approximate surface area is 126 Å². The SMILES string of the molecule is CCC(C)CNCCc1nnc2ccccn12.Cl.Cl. The molecule has 19 heavy (non-hydrogen) atoms. The lowest BCUT2D eigenvalue weighted by Crippen LogP contribution is -2.23. The van der Waals surface area contributed by atoms with Gasteiger partial charge in [0.15, 0.2) is 5.65 Å². The van der Waals surface area contributed by atoms with Crippen LogP contribution in [0.5, 0.6) is 0 Å². The third-order valence-electron chi connectivity index (χ3n) is 3.10. The Morgan fingerprint density at radius 2 is 2.05 bits per heavy atom. The van der Waals surface area contributed by atoms with E-state index < -0.39 is 0 Å². The van der Waals surface area contributed by atoms with Crippen LogP contribution < -0.4 is 5.32 Å². The maximum Gasteiger partial charge on any atom is 0.160 e. The van der Waals surface area contributed by atoms with Crippen molar-refractivity contribution in [3.8, 4) is 0 Å². The van der Waals surface area contributed by atoms with Crippen LogP contribution in [0.3, 0.4) is 0 Å². The predicted octanol–water partition coefficient (Wildman–Crippen LogP) is 2.75. The van der Waals surface area contributed by atoms with Gasteiger partial charge in [0, 0.05) is 19.2 Å². The summed E-state index contributed by atoms with van der Waals surface area (Å²) in [5, 5.41) is 11.8. The largest absolute Gasteiger partial charge is 0.316 e. The molecule has 0 aliphatic rings. The van der Waals surface area contributed by atoms with E-state index in [9.17, 15) is 0 Å². The zero-order chi connectivity index (χ0) is 12.1. The van der Waals surface area contributed by atoms with E-state index in [4.69, 9.17) is 0 Å². The first-order valence-electron chi connectivity index (χ1n) is 6.30. The monoisotopic (exact) mass is 304 g/mol. The number of hydrogen-bond acceptors (Lipinski definition) is 3. The highest BCUT2D eigenvalue weighted by Crippen LogP contribution is 2.03. The molecule has 0 amide bonds. The smallest absolute Gasteiger partial charge is 0.160 e. The number of halogens is 2. The fourth-order valence-electron chi connectivity index (χ4n) is 1.75. The number of aromatic nitrogens is 3. The first kappa shape index (κ1) is 18.2. The Hall–Kier alpha value is -0.840. The zero-order valence-corrected chi connectivity index (χ0v) is 13.0. The Morgan fingerprint density at radius 1 is 1.26 bits per heavy atom. The number of nitrogens with one attached hydrogen (secondary N) is 1. The highest BCUT2D eigenvalue weighted by Gasteiger charge is 2.04. The predicted molar refractivity (Wildman–Crippen MR) is 83.5 cm³/mol. The summed E-state index contributed by atoms with van der Waals surface area (Å²) in [6.07, 6.45) is 4.15. The van der Waals surface area contributed by atoms with E-state index in [-0.39, 0.29) is 24.8 Å². The van der Waals surface area contributed by atoms with Gasteiger partial charge in [0.1, 0.15) is 5.82 Å². The van der Waals surface area contributed by atoms with E-state index in [0.29, 0.717) is 0 Å². The first-order valence-corrected chi connectivity index (χ1v) is 6.30. The van der Waals surface area contributed by atoms with Gasteiger partial charge >= 0.3 is 0 Å². The van der Waals surface area contributed by atoms with Crippen molar-refractivity contribution in [1.82, 2.24) is 19.9 Å². The Kier molecular flexibility index (Phi) is 8.72. The van der Waals surface area contributed by atoms with Crippen LogP contribution in [0.25, 0.3) is 5.65 Å². The average molecular weight is 305 g/mol. The minimum atomic E-state index is 0. The van der Waals surface area contributed by atoms with E-state index in [1.54, 1.807) is 0 Å². The van der Waals surface area contributed by atoms with E-state index >= 15 is 0 Å². The molecule has 0 bridgehead atoms. The molecule has 6 heteroatoms. The molecule has 0 spiro atoms. The van der Waals surface area contributed by atoms with Crippen molar-refractivity contribution in [2.45, 2.75) is 26.7 Å². The topological polar surface area (TPSA) is 42.2 Å². The summed E-state index contributed by atoms with van der Waals surface area (Å²) >= 11 is 0. The fourth-order valence-corrected chi connectivity index (χ4v) is 1.75. The maximum absolute atomic E-state index is 4.21. The van der Waals surface area contributed by atoms with Crippen LogP contribution in [-0.2, 0) is 6.42 Å². The summed E-state index contributed by atoms with van der Waals surface area (Å²) < 4.78 is 2.05. The molecular formula is C13H22Cl2N4. The molecule has 0 aliphatic heterocycles. The highest BCUT2D eigenvalue weighted by molar-refractivity contribution is 5.85. The molecule has 0 radical (unpaired) electrons. The van der Waals surface area contributed by atoms with E-state index in [0.717, 1.165) is 36.9 Å². The highest BCUT2D eigenvalue weighted by atomic mass is 35.5.